The molecule has 0 saturated carbocycles. The predicted molar refractivity (Wildman–Crippen MR) is 200 cm³/mol. The molecule has 1 aliphatic heterocycles. The molecule has 0 amide bonds. The molecule has 0 saturated heterocycles. The molecule has 0 N–H and O–H groups in total. The van der Waals surface area contributed by atoms with Gasteiger partial charge < -0.3 is 4.74 Å². The van der Waals surface area contributed by atoms with E-state index in [0.717, 1.165) is 52.2 Å². The second-order valence-corrected chi connectivity index (χ2v) is 13.1. The Hall–Kier alpha value is -6.39. The first kappa shape index (κ1) is 28.6. The second-order valence-electron chi connectivity index (χ2n) is 13.1. The van der Waals surface area contributed by atoms with Gasteiger partial charge in [-0.2, -0.15) is 0 Å². The summed E-state index contributed by atoms with van der Waals surface area (Å²) in [5, 5.41) is 0. The van der Waals surface area contributed by atoms with Crippen LogP contribution in [0.2, 0.25) is 0 Å². The smallest absolute Gasteiger partial charge is 0.164 e. The van der Waals surface area contributed by atoms with Gasteiger partial charge in [-0.25, -0.2) is 15.0 Å². The molecule has 236 valence electrons. The van der Waals surface area contributed by atoms with E-state index in [2.05, 4.69) is 103 Å². The number of allylic oxidation sites excluding steroid dienone is 4. The van der Waals surface area contributed by atoms with Crippen molar-refractivity contribution in [3.05, 3.63) is 192 Å². The SMILES string of the molecule is C1=CC2=C(CC1)c1ccccc1C21c2ccccc2Oc2ccc(-c3cccc(-c4nc(-c5ccccc5)nc(-c5ccccc5)n4)c3)cc21. The van der Waals surface area contributed by atoms with E-state index in [1.165, 1.54) is 33.4 Å². The lowest BCUT2D eigenvalue weighted by Gasteiger charge is -2.40. The number of aromatic nitrogens is 3. The zero-order valence-electron chi connectivity index (χ0n) is 27.3. The summed E-state index contributed by atoms with van der Waals surface area (Å²) in [6.45, 7) is 0. The fourth-order valence-electron chi connectivity index (χ4n) is 8.09. The maximum Gasteiger partial charge on any atom is 0.164 e. The zero-order chi connectivity index (χ0) is 33.1. The topological polar surface area (TPSA) is 47.9 Å². The van der Waals surface area contributed by atoms with E-state index >= 15 is 0 Å². The Kier molecular flexibility index (Phi) is 6.50. The summed E-state index contributed by atoms with van der Waals surface area (Å²) in [6, 6.07) is 52.9. The number of hydrogen-bond donors (Lipinski definition) is 0. The molecule has 4 heteroatoms. The Morgan fingerprint density at radius 2 is 1.04 bits per heavy atom. The number of benzene rings is 6. The molecule has 0 fully saturated rings. The highest BCUT2D eigenvalue weighted by molar-refractivity contribution is 5.91. The van der Waals surface area contributed by atoms with Crippen LogP contribution in [0.5, 0.6) is 11.5 Å². The lowest BCUT2D eigenvalue weighted by Crippen LogP contribution is -2.33. The van der Waals surface area contributed by atoms with Gasteiger partial charge in [0, 0.05) is 27.8 Å². The summed E-state index contributed by atoms with van der Waals surface area (Å²) in [5.74, 6) is 3.74. The predicted octanol–water partition coefficient (Wildman–Crippen LogP) is 11.1. The Morgan fingerprint density at radius 3 is 1.80 bits per heavy atom. The second kappa shape index (κ2) is 11.4. The largest absolute Gasteiger partial charge is 0.457 e. The minimum absolute atomic E-state index is 0.468. The van der Waals surface area contributed by atoms with Crippen LogP contribution in [0, 0.1) is 0 Å². The lowest BCUT2D eigenvalue weighted by molar-refractivity contribution is 0.435. The Morgan fingerprint density at radius 1 is 0.460 bits per heavy atom. The van der Waals surface area contributed by atoms with E-state index in [1.807, 2.05) is 60.7 Å². The number of rotatable bonds is 4. The molecule has 2 heterocycles. The van der Waals surface area contributed by atoms with Crippen molar-refractivity contribution in [2.75, 3.05) is 0 Å². The van der Waals surface area contributed by atoms with Crippen LogP contribution >= 0.6 is 0 Å². The first-order valence-electron chi connectivity index (χ1n) is 17.2. The molecule has 6 aromatic carbocycles. The minimum atomic E-state index is -0.468. The van der Waals surface area contributed by atoms with E-state index in [4.69, 9.17) is 19.7 Å². The van der Waals surface area contributed by atoms with Crippen LogP contribution in [-0.2, 0) is 5.41 Å². The molecular formula is C46H31N3O. The van der Waals surface area contributed by atoms with Gasteiger partial charge in [0.1, 0.15) is 11.5 Å². The summed E-state index contributed by atoms with van der Waals surface area (Å²) >= 11 is 0. The molecule has 2 aliphatic carbocycles. The van der Waals surface area contributed by atoms with Crippen molar-refractivity contribution in [2.24, 2.45) is 0 Å². The normalized spacial score (nSPS) is 16.7. The third-order valence-corrected chi connectivity index (χ3v) is 10.3. The first-order chi connectivity index (χ1) is 24.8. The van der Waals surface area contributed by atoms with Crippen molar-refractivity contribution < 1.29 is 4.74 Å². The summed E-state index contributed by atoms with van der Waals surface area (Å²) in [7, 11) is 0. The van der Waals surface area contributed by atoms with Gasteiger partial charge in [-0.05, 0) is 70.5 Å². The van der Waals surface area contributed by atoms with Gasteiger partial charge in [-0.1, -0.05) is 140 Å². The number of hydrogen-bond acceptors (Lipinski definition) is 4. The summed E-state index contributed by atoms with van der Waals surface area (Å²) in [5.41, 5.74) is 12.4. The third kappa shape index (κ3) is 4.35. The molecule has 4 nitrogen and oxygen atoms in total. The third-order valence-electron chi connectivity index (χ3n) is 10.3. The highest BCUT2D eigenvalue weighted by Crippen LogP contribution is 2.62. The van der Waals surface area contributed by atoms with Crippen molar-refractivity contribution in [2.45, 2.75) is 18.3 Å². The molecule has 10 rings (SSSR count). The van der Waals surface area contributed by atoms with Crippen LogP contribution in [-0.4, -0.2) is 15.0 Å². The van der Waals surface area contributed by atoms with Gasteiger partial charge in [0.15, 0.2) is 17.5 Å². The zero-order valence-corrected chi connectivity index (χ0v) is 27.3. The van der Waals surface area contributed by atoms with Crippen molar-refractivity contribution in [3.63, 3.8) is 0 Å². The highest BCUT2D eigenvalue weighted by atomic mass is 16.5. The van der Waals surface area contributed by atoms with Crippen LogP contribution in [0.25, 0.3) is 50.9 Å². The summed E-state index contributed by atoms with van der Waals surface area (Å²) in [4.78, 5) is 14.9. The van der Waals surface area contributed by atoms with Crippen LogP contribution in [0.1, 0.15) is 35.1 Å². The standard InChI is InChI=1S/C46H31N3O/c1-3-14-30(15-4-1)43-47-44(31-16-5-2-6-17-31)49-45(48-43)34-19-13-18-32(28-34)33-26-27-42-40(29-33)46(39-24-11-12-25-41(39)50-42)37-22-9-7-20-35(37)36-21-8-10-23-38(36)46/h1-7,9-20,22-29H,8,21H2. The molecule has 7 aromatic rings. The van der Waals surface area contributed by atoms with Crippen LogP contribution < -0.4 is 4.74 Å². The average Bonchev–Trinajstić information content (AvgIpc) is 3.49. The average molecular weight is 642 g/mol. The number of nitrogens with zero attached hydrogens (tertiary/aromatic N) is 3. The number of ether oxygens (including phenoxy) is 1. The lowest BCUT2D eigenvalue weighted by atomic mass is 9.64. The molecule has 1 atom stereocenters. The van der Waals surface area contributed by atoms with Crippen molar-refractivity contribution in [1.29, 1.82) is 0 Å². The molecule has 0 bridgehead atoms. The van der Waals surface area contributed by atoms with Gasteiger partial charge in [0.25, 0.3) is 0 Å². The van der Waals surface area contributed by atoms with Crippen LogP contribution in [0.4, 0.5) is 0 Å². The molecule has 1 aromatic heterocycles. The van der Waals surface area contributed by atoms with Crippen molar-refractivity contribution in [3.8, 4) is 56.8 Å². The molecule has 0 radical (unpaired) electrons. The maximum atomic E-state index is 6.68. The van der Waals surface area contributed by atoms with Gasteiger partial charge in [0.05, 0.1) is 5.41 Å². The summed E-state index contributed by atoms with van der Waals surface area (Å²) in [6.07, 6.45) is 6.79. The monoisotopic (exact) mass is 641 g/mol. The number of fused-ring (bicyclic) bond motifs is 8. The Bertz CT molecular complexity index is 2460. The molecule has 1 unspecified atom stereocenters. The first-order valence-corrected chi connectivity index (χ1v) is 17.2. The Balaban J connectivity index is 1.15. The molecule has 50 heavy (non-hydrogen) atoms. The van der Waals surface area contributed by atoms with Gasteiger partial charge in [-0.3, -0.25) is 0 Å². The quantitative estimate of drug-likeness (QED) is 0.192. The van der Waals surface area contributed by atoms with Gasteiger partial charge in [-0.15, -0.1) is 0 Å². The fraction of sp³-hybridized carbons (Fsp3) is 0.0652. The van der Waals surface area contributed by atoms with Gasteiger partial charge >= 0.3 is 0 Å². The van der Waals surface area contributed by atoms with Crippen molar-refractivity contribution >= 4 is 5.57 Å². The van der Waals surface area contributed by atoms with E-state index in [-0.39, 0.29) is 0 Å². The fourth-order valence-corrected chi connectivity index (χ4v) is 8.09. The maximum absolute atomic E-state index is 6.68. The number of para-hydroxylation sites is 1. The van der Waals surface area contributed by atoms with Gasteiger partial charge in [0.2, 0.25) is 0 Å². The van der Waals surface area contributed by atoms with Crippen LogP contribution in [0.3, 0.4) is 0 Å². The molecular weight excluding hydrogens is 611 g/mol. The van der Waals surface area contributed by atoms with E-state index in [9.17, 15) is 0 Å². The van der Waals surface area contributed by atoms with Crippen LogP contribution in [0.15, 0.2) is 169 Å². The molecule has 1 spiro atoms. The van der Waals surface area contributed by atoms with Crippen molar-refractivity contribution in [1.82, 2.24) is 15.0 Å². The summed E-state index contributed by atoms with van der Waals surface area (Å²) < 4.78 is 6.68. The highest BCUT2D eigenvalue weighted by Gasteiger charge is 2.51. The van der Waals surface area contributed by atoms with E-state index in [1.54, 1.807) is 0 Å². The Labute approximate surface area is 291 Å². The van der Waals surface area contributed by atoms with E-state index in [0.29, 0.717) is 17.5 Å². The molecule has 3 aliphatic rings. The van der Waals surface area contributed by atoms with E-state index < -0.39 is 5.41 Å². The minimum Gasteiger partial charge on any atom is -0.457 e.